The Bertz CT molecular complexity index is 1590. The van der Waals surface area contributed by atoms with E-state index in [1.54, 1.807) is 0 Å². The van der Waals surface area contributed by atoms with Crippen LogP contribution in [0.15, 0.2) is 48.6 Å². The first kappa shape index (κ1) is 83.0. The van der Waals surface area contributed by atoms with E-state index in [4.69, 9.17) is 13.8 Å². The number of likely N-dealkylation sites (N-methyl/N-ethyl adjacent to an activating group) is 1. The first-order chi connectivity index (χ1) is 41.4. The second-order valence-corrected chi connectivity index (χ2v) is 27.9. The molecule has 0 fully saturated rings. The number of rotatable bonds is 68. The van der Waals surface area contributed by atoms with Gasteiger partial charge in [0.1, 0.15) is 19.3 Å². The minimum Gasteiger partial charge on any atom is -0.756 e. The van der Waals surface area contributed by atoms with Crippen LogP contribution in [0, 0.1) is 0 Å². The van der Waals surface area contributed by atoms with E-state index in [9.17, 15) is 19.0 Å². The van der Waals surface area contributed by atoms with Crippen molar-refractivity contribution in [3.05, 3.63) is 48.6 Å². The zero-order valence-corrected chi connectivity index (χ0v) is 58.2. The van der Waals surface area contributed by atoms with Crippen molar-refractivity contribution in [3.8, 4) is 0 Å². The third-order valence-electron chi connectivity index (χ3n) is 16.8. The van der Waals surface area contributed by atoms with Gasteiger partial charge in [0.05, 0.1) is 33.8 Å². The standard InChI is InChI=1S/C75H143N2O7P/c1-7-10-13-16-19-22-25-28-30-32-34-36-38-40-42-44-46-49-52-55-58-61-64-67-74(78)76-72(71-83-85(80,81)82-70-69-77(4,5)6)73(66-63-60-57-54-51-48-27-24-21-18-15-12-9-3)84-75(79)68-65-62-59-56-53-50-47-45-43-41-39-37-35-33-31-29-26-23-20-17-14-11-8-2/h20,23,29,31,35,37,63,66,72-73H,7-19,21-22,24-28,30,32-34,36,38-62,64-65,67-71H2,1-6H3,(H-,76,78,80,81)/b23-20-,31-29-,37-35-,66-63+. The summed E-state index contributed by atoms with van der Waals surface area (Å²) in [5.41, 5.74) is 0. The number of phosphoric ester groups is 1. The second kappa shape index (κ2) is 64.9. The third-order valence-corrected chi connectivity index (χ3v) is 17.7. The topological polar surface area (TPSA) is 114 Å². The Morgan fingerprint density at radius 3 is 1.09 bits per heavy atom. The fourth-order valence-corrected chi connectivity index (χ4v) is 11.8. The van der Waals surface area contributed by atoms with Crippen molar-refractivity contribution in [1.82, 2.24) is 5.32 Å². The Morgan fingerprint density at radius 1 is 0.412 bits per heavy atom. The summed E-state index contributed by atoms with van der Waals surface area (Å²) >= 11 is 0. The molecule has 0 spiro atoms. The number of phosphoric acid groups is 1. The zero-order chi connectivity index (χ0) is 62.1. The minimum absolute atomic E-state index is 0.0209. The average molecular weight is 1220 g/mol. The SMILES string of the molecule is CCCCC/C=C\C/C=C\C/C=C\CCCCCCCCCCCCC(=O)OC(/C=C/CCCCCCCCCCCCC)C(COP(=O)([O-])OCC[N+](C)(C)C)NC(=O)CCCCCCCCCCCCCCCCCCCCCCCCC. The number of ether oxygens (including phenoxy) is 1. The molecule has 3 atom stereocenters. The number of amides is 1. The van der Waals surface area contributed by atoms with E-state index in [0.29, 0.717) is 17.4 Å². The molecule has 9 nitrogen and oxygen atoms in total. The van der Waals surface area contributed by atoms with Crippen LogP contribution in [-0.2, 0) is 27.9 Å². The smallest absolute Gasteiger partial charge is 0.306 e. The molecule has 500 valence electrons. The Kier molecular flexibility index (Phi) is 63.4. The van der Waals surface area contributed by atoms with Gasteiger partial charge in [-0.25, -0.2) is 0 Å². The zero-order valence-electron chi connectivity index (χ0n) is 57.3. The van der Waals surface area contributed by atoms with Gasteiger partial charge in [0.2, 0.25) is 5.91 Å². The number of carbonyl (C=O) groups is 2. The van der Waals surface area contributed by atoms with E-state index >= 15 is 0 Å². The molecular weight excluding hydrogens is 1070 g/mol. The lowest BCUT2D eigenvalue weighted by Gasteiger charge is -2.30. The molecule has 0 radical (unpaired) electrons. The molecule has 10 heteroatoms. The molecule has 1 amide bonds. The summed E-state index contributed by atoms with van der Waals surface area (Å²) < 4.78 is 30.5. The van der Waals surface area contributed by atoms with E-state index in [1.807, 2.05) is 33.3 Å². The van der Waals surface area contributed by atoms with E-state index in [1.165, 1.54) is 263 Å². The molecule has 0 aromatic carbocycles. The monoisotopic (exact) mass is 1220 g/mol. The van der Waals surface area contributed by atoms with Crippen LogP contribution in [0.4, 0.5) is 0 Å². The molecule has 3 unspecified atom stereocenters. The molecule has 0 saturated heterocycles. The van der Waals surface area contributed by atoms with Gasteiger partial charge in [0.25, 0.3) is 7.82 Å². The molecular formula is C75H143N2O7P. The minimum atomic E-state index is -4.71. The normalized spacial score (nSPS) is 13.7. The summed E-state index contributed by atoms with van der Waals surface area (Å²) in [5, 5.41) is 3.05. The Morgan fingerprint density at radius 2 is 0.718 bits per heavy atom. The first-order valence-corrected chi connectivity index (χ1v) is 38.4. The Labute approximate surface area is 529 Å². The molecule has 0 aromatic heterocycles. The number of quaternary nitrogens is 1. The summed E-state index contributed by atoms with van der Waals surface area (Å²) in [5.74, 6) is -0.526. The molecule has 0 bridgehead atoms. The van der Waals surface area contributed by atoms with Crippen LogP contribution in [0.3, 0.4) is 0 Å². The van der Waals surface area contributed by atoms with Crippen LogP contribution in [0.2, 0.25) is 0 Å². The average Bonchev–Trinajstić information content (AvgIpc) is 3.52. The van der Waals surface area contributed by atoms with Crippen LogP contribution in [-0.4, -0.2) is 69.4 Å². The molecule has 0 heterocycles. The highest BCUT2D eigenvalue weighted by Gasteiger charge is 2.27. The van der Waals surface area contributed by atoms with Gasteiger partial charge < -0.3 is 28.5 Å². The molecule has 0 aliphatic heterocycles. The second-order valence-electron chi connectivity index (χ2n) is 26.5. The van der Waals surface area contributed by atoms with Crippen molar-refractivity contribution in [2.75, 3.05) is 40.9 Å². The van der Waals surface area contributed by atoms with Crippen LogP contribution in [0.5, 0.6) is 0 Å². The predicted octanol–water partition coefficient (Wildman–Crippen LogP) is 22.9. The van der Waals surface area contributed by atoms with Gasteiger partial charge in [-0.05, 0) is 70.3 Å². The first-order valence-electron chi connectivity index (χ1n) is 36.9. The summed E-state index contributed by atoms with van der Waals surface area (Å²) in [4.78, 5) is 40.3. The molecule has 0 aliphatic rings. The molecule has 0 saturated carbocycles. The molecule has 0 aromatic rings. The van der Waals surface area contributed by atoms with Crippen LogP contribution < -0.4 is 10.2 Å². The lowest BCUT2D eigenvalue weighted by atomic mass is 10.0. The highest BCUT2D eigenvalue weighted by atomic mass is 31.2. The number of esters is 1. The number of nitrogens with zero attached hydrogens (tertiary/aromatic N) is 1. The van der Waals surface area contributed by atoms with Gasteiger partial charge in [0, 0.05) is 12.8 Å². The lowest BCUT2D eigenvalue weighted by molar-refractivity contribution is -0.870. The number of allylic oxidation sites excluding steroid dienone is 7. The van der Waals surface area contributed by atoms with E-state index in [2.05, 4.69) is 62.5 Å². The molecule has 0 aliphatic carbocycles. The third kappa shape index (κ3) is 66.2. The van der Waals surface area contributed by atoms with Crippen molar-refractivity contribution in [1.29, 1.82) is 0 Å². The van der Waals surface area contributed by atoms with Gasteiger partial charge >= 0.3 is 5.97 Å². The summed E-state index contributed by atoms with van der Waals surface area (Å²) in [6.45, 7) is 6.88. The largest absolute Gasteiger partial charge is 0.756 e. The quantitative estimate of drug-likeness (QED) is 0.0212. The van der Waals surface area contributed by atoms with Crippen LogP contribution in [0.1, 0.15) is 367 Å². The number of nitrogens with one attached hydrogen (secondary N) is 1. The maximum Gasteiger partial charge on any atom is 0.306 e. The Hall–Kier alpha value is -2.03. The summed E-state index contributed by atoms with van der Waals surface area (Å²) in [6, 6.07) is -0.889. The van der Waals surface area contributed by atoms with Gasteiger partial charge in [-0.2, -0.15) is 0 Å². The highest BCUT2D eigenvalue weighted by Crippen LogP contribution is 2.38. The van der Waals surface area contributed by atoms with Gasteiger partial charge in [-0.1, -0.05) is 333 Å². The molecule has 1 N–H and O–H groups in total. The van der Waals surface area contributed by atoms with Crippen molar-refractivity contribution in [2.24, 2.45) is 0 Å². The van der Waals surface area contributed by atoms with Gasteiger partial charge in [-0.3, -0.25) is 14.2 Å². The number of hydrogen-bond donors (Lipinski definition) is 1. The highest BCUT2D eigenvalue weighted by molar-refractivity contribution is 7.45. The summed E-state index contributed by atoms with van der Waals surface area (Å²) in [7, 11) is 1.20. The number of unbranched alkanes of at least 4 members (excludes halogenated alkanes) is 46. The van der Waals surface area contributed by atoms with Gasteiger partial charge in [-0.15, -0.1) is 0 Å². The van der Waals surface area contributed by atoms with Crippen LogP contribution in [0.25, 0.3) is 0 Å². The number of carbonyl (C=O) groups excluding carboxylic acids is 2. The fourth-order valence-electron chi connectivity index (χ4n) is 11.1. The molecule has 0 rings (SSSR count). The maximum absolute atomic E-state index is 13.6. The fraction of sp³-hybridized carbons (Fsp3) is 0.867. The number of hydrogen-bond acceptors (Lipinski definition) is 7. The van der Waals surface area contributed by atoms with Crippen molar-refractivity contribution >= 4 is 19.7 Å². The van der Waals surface area contributed by atoms with E-state index in [-0.39, 0.29) is 31.5 Å². The lowest BCUT2D eigenvalue weighted by Crippen LogP contribution is -2.47. The van der Waals surface area contributed by atoms with Crippen molar-refractivity contribution in [2.45, 2.75) is 380 Å². The maximum atomic E-state index is 13.6. The van der Waals surface area contributed by atoms with Crippen LogP contribution >= 0.6 is 7.82 Å². The van der Waals surface area contributed by atoms with Gasteiger partial charge in [0.15, 0.2) is 0 Å². The van der Waals surface area contributed by atoms with Crippen molar-refractivity contribution in [3.63, 3.8) is 0 Å². The van der Waals surface area contributed by atoms with E-state index in [0.717, 1.165) is 70.6 Å². The predicted molar refractivity (Wildman–Crippen MR) is 367 cm³/mol. The van der Waals surface area contributed by atoms with Crippen molar-refractivity contribution < 1.29 is 37.3 Å². The molecule has 85 heavy (non-hydrogen) atoms. The Balaban J connectivity index is 5.06. The van der Waals surface area contributed by atoms with E-state index < -0.39 is 20.0 Å². The summed E-state index contributed by atoms with van der Waals surface area (Å²) in [6.07, 6.45) is 82.3.